The molecule has 7 nitrogen and oxygen atoms in total. The van der Waals surface area contributed by atoms with Crippen LogP contribution in [-0.2, 0) is 4.79 Å². The molecule has 1 aromatic carbocycles. The van der Waals surface area contributed by atoms with Gasteiger partial charge in [0.25, 0.3) is 0 Å². The lowest BCUT2D eigenvalue weighted by molar-refractivity contribution is -0.142. The molecule has 0 bridgehead atoms. The molecule has 7 heteroatoms. The van der Waals surface area contributed by atoms with Crippen molar-refractivity contribution in [3.05, 3.63) is 41.6 Å². The van der Waals surface area contributed by atoms with Gasteiger partial charge in [0.15, 0.2) is 0 Å². The van der Waals surface area contributed by atoms with Crippen LogP contribution >= 0.6 is 0 Å². The number of rotatable bonds is 4. The number of aromatic nitrogens is 2. The Hall–Kier alpha value is -3.14. The van der Waals surface area contributed by atoms with Crippen molar-refractivity contribution in [2.24, 2.45) is 5.92 Å². The number of nitrogens with one attached hydrogen (secondary N) is 1. The van der Waals surface area contributed by atoms with Crippen LogP contribution in [0.4, 0.5) is 17.5 Å². The Labute approximate surface area is 145 Å². The normalized spacial score (nSPS) is 14.8. The maximum absolute atomic E-state index is 11.1. The number of benzene rings is 1. The fraction of sp³-hybridized carbons (Fsp3) is 0.333. The van der Waals surface area contributed by atoms with E-state index in [1.807, 2.05) is 25.1 Å². The molecule has 25 heavy (non-hydrogen) atoms. The lowest BCUT2D eigenvalue weighted by Crippen LogP contribution is -2.36. The second kappa shape index (κ2) is 7.18. The molecule has 1 aliphatic rings. The van der Waals surface area contributed by atoms with Gasteiger partial charge in [-0.1, -0.05) is 0 Å². The third kappa shape index (κ3) is 4.04. The van der Waals surface area contributed by atoms with Crippen molar-refractivity contribution in [2.75, 3.05) is 23.3 Å². The van der Waals surface area contributed by atoms with E-state index in [1.54, 1.807) is 12.1 Å². The van der Waals surface area contributed by atoms with Gasteiger partial charge in [-0.05, 0) is 44.0 Å². The summed E-state index contributed by atoms with van der Waals surface area (Å²) < 4.78 is 0. The first-order valence-corrected chi connectivity index (χ1v) is 8.16. The molecule has 0 aliphatic carbocycles. The number of hydrogen-bond acceptors (Lipinski definition) is 6. The zero-order valence-corrected chi connectivity index (χ0v) is 13.9. The molecule has 128 valence electrons. The summed E-state index contributed by atoms with van der Waals surface area (Å²) in [6.07, 6.45) is 1.24. The molecule has 0 saturated carbocycles. The van der Waals surface area contributed by atoms with E-state index < -0.39 is 5.97 Å². The second-order valence-corrected chi connectivity index (χ2v) is 6.10. The maximum atomic E-state index is 11.1. The largest absolute Gasteiger partial charge is 0.481 e. The first kappa shape index (κ1) is 16.7. The van der Waals surface area contributed by atoms with Gasteiger partial charge in [0.2, 0.25) is 5.95 Å². The molecular formula is C18H19N5O2. The summed E-state index contributed by atoms with van der Waals surface area (Å²) in [4.78, 5) is 22.1. The van der Waals surface area contributed by atoms with Gasteiger partial charge in [0.1, 0.15) is 5.82 Å². The zero-order valence-electron chi connectivity index (χ0n) is 13.9. The average molecular weight is 337 g/mol. The van der Waals surface area contributed by atoms with Crippen molar-refractivity contribution in [3.63, 3.8) is 0 Å². The third-order valence-corrected chi connectivity index (χ3v) is 4.28. The number of piperidine rings is 1. The van der Waals surface area contributed by atoms with E-state index in [0.717, 1.165) is 17.2 Å². The number of aryl methyl sites for hydroxylation is 1. The van der Waals surface area contributed by atoms with Crippen molar-refractivity contribution in [1.29, 1.82) is 5.26 Å². The highest BCUT2D eigenvalue weighted by Gasteiger charge is 2.25. The molecule has 2 aromatic rings. The van der Waals surface area contributed by atoms with Crippen molar-refractivity contribution in [1.82, 2.24) is 9.97 Å². The van der Waals surface area contributed by atoms with Gasteiger partial charge in [-0.2, -0.15) is 10.2 Å². The molecule has 1 aliphatic heterocycles. The number of carbonyl (C=O) groups is 1. The summed E-state index contributed by atoms with van der Waals surface area (Å²) in [7, 11) is 0. The van der Waals surface area contributed by atoms with Crippen molar-refractivity contribution >= 4 is 23.4 Å². The third-order valence-electron chi connectivity index (χ3n) is 4.28. The predicted octanol–water partition coefficient (Wildman–Crippen LogP) is 2.70. The number of aliphatic carboxylic acids is 1. The summed E-state index contributed by atoms with van der Waals surface area (Å²) in [5.74, 6) is 0.296. The van der Waals surface area contributed by atoms with Crippen molar-refractivity contribution in [2.45, 2.75) is 19.8 Å². The molecule has 1 aromatic heterocycles. The van der Waals surface area contributed by atoms with Crippen LogP contribution in [0.1, 0.15) is 24.1 Å². The van der Waals surface area contributed by atoms with Crippen LogP contribution in [0.15, 0.2) is 30.3 Å². The molecule has 1 fully saturated rings. The van der Waals surface area contributed by atoms with Crippen LogP contribution < -0.4 is 10.2 Å². The number of anilines is 3. The minimum Gasteiger partial charge on any atom is -0.481 e. The Bertz CT molecular complexity index is 805. The molecule has 2 heterocycles. The smallest absolute Gasteiger partial charge is 0.306 e. The Morgan fingerprint density at radius 1 is 1.28 bits per heavy atom. The topological polar surface area (TPSA) is 102 Å². The number of carboxylic acid groups (broad SMARTS) is 1. The van der Waals surface area contributed by atoms with Crippen LogP contribution in [-0.4, -0.2) is 34.1 Å². The van der Waals surface area contributed by atoms with E-state index in [0.29, 0.717) is 37.4 Å². The van der Waals surface area contributed by atoms with E-state index in [-0.39, 0.29) is 5.92 Å². The zero-order chi connectivity index (χ0) is 17.8. The van der Waals surface area contributed by atoms with Gasteiger partial charge < -0.3 is 15.3 Å². The lowest BCUT2D eigenvalue weighted by Gasteiger charge is -2.31. The molecule has 2 N–H and O–H groups in total. The minimum absolute atomic E-state index is 0.268. The number of hydrogen-bond donors (Lipinski definition) is 2. The Morgan fingerprint density at radius 3 is 2.56 bits per heavy atom. The highest BCUT2D eigenvalue weighted by molar-refractivity contribution is 5.70. The minimum atomic E-state index is -0.721. The molecule has 0 spiro atoms. The second-order valence-electron chi connectivity index (χ2n) is 6.10. The van der Waals surface area contributed by atoms with Crippen molar-refractivity contribution < 1.29 is 9.90 Å². The molecule has 0 atom stereocenters. The molecule has 0 radical (unpaired) electrons. The Kier molecular flexibility index (Phi) is 4.80. The van der Waals surface area contributed by atoms with E-state index in [1.165, 1.54) is 0 Å². The fourth-order valence-electron chi connectivity index (χ4n) is 2.88. The standard InChI is InChI=1S/C18H19N5O2/c1-12-10-16(23-8-6-14(7-9-23)17(24)25)22-18(20-12)21-15-4-2-13(11-19)3-5-15/h2-5,10,14H,6-9H2,1H3,(H,24,25)(H,20,21,22). The van der Waals surface area contributed by atoms with E-state index in [4.69, 9.17) is 10.4 Å². The molecular weight excluding hydrogens is 318 g/mol. The summed E-state index contributed by atoms with van der Waals surface area (Å²) in [5.41, 5.74) is 2.24. The van der Waals surface area contributed by atoms with Crippen LogP contribution in [0, 0.1) is 24.2 Å². The Morgan fingerprint density at radius 2 is 1.96 bits per heavy atom. The van der Waals surface area contributed by atoms with Gasteiger partial charge in [0.05, 0.1) is 17.6 Å². The predicted molar refractivity (Wildman–Crippen MR) is 93.8 cm³/mol. The quantitative estimate of drug-likeness (QED) is 0.884. The van der Waals surface area contributed by atoms with Gasteiger partial charge in [-0.3, -0.25) is 4.79 Å². The summed E-state index contributed by atoms with van der Waals surface area (Å²) in [5, 5.41) is 21.1. The van der Waals surface area contributed by atoms with Gasteiger partial charge in [-0.25, -0.2) is 4.98 Å². The lowest BCUT2D eigenvalue weighted by atomic mass is 9.97. The maximum Gasteiger partial charge on any atom is 0.306 e. The first-order valence-electron chi connectivity index (χ1n) is 8.16. The fourth-order valence-corrected chi connectivity index (χ4v) is 2.88. The van der Waals surface area contributed by atoms with E-state index in [2.05, 4.69) is 26.3 Å². The summed E-state index contributed by atoms with van der Waals surface area (Å²) in [6, 6.07) is 11.1. The van der Waals surface area contributed by atoms with Crippen LogP contribution in [0.2, 0.25) is 0 Å². The van der Waals surface area contributed by atoms with Gasteiger partial charge in [0, 0.05) is 30.5 Å². The monoisotopic (exact) mass is 337 g/mol. The SMILES string of the molecule is Cc1cc(N2CCC(C(=O)O)CC2)nc(Nc2ccc(C#N)cc2)n1. The molecule has 3 rings (SSSR count). The molecule has 1 saturated heterocycles. The Balaban J connectivity index is 1.74. The van der Waals surface area contributed by atoms with Crippen molar-refractivity contribution in [3.8, 4) is 6.07 Å². The van der Waals surface area contributed by atoms with Crippen LogP contribution in [0.25, 0.3) is 0 Å². The van der Waals surface area contributed by atoms with E-state index in [9.17, 15) is 4.79 Å². The molecule has 0 amide bonds. The van der Waals surface area contributed by atoms with E-state index >= 15 is 0 Å². The first-order chi connectivity index (χ1) is 12.0. The van der Waals surface area contributed by atoms with Crippen LogP contribution in [0.3, 0.4) is 0 Å². The van der Waals surface area contributed by atoms with Crippen LogP contribution in [0.5, 0.6) is 0 Å². The van der Waals surface area contributed by atoms with Gasteiger partial charge in [-0.15, -0.1) is 0 Å². The molecule has 0 unspecified atom stereocenters. The summed E-state index contributed by atoms with van der Waals surface area (Å²) >= 11 is 0. The number of carboxylic acids is 1. The highest BCUT2D eigenvalue weighted by Crippen LogP contribution is 2.24. The number of nitriles is 1. The highest BCUT2D eigenvalue weighted by atomic mass is 16.4. The average Bonchev–Trinajstić information content (AvgIpc) is 2.62. The summed E-state index contributed by atoms with van der Waals surface area (Å²) in [6.45, 7) is 3.24. The van der Waals surface area contributed by atoms with Gasteiger partial charge >= 0.3 is 5.97 Å². The number of nitrogens with zero attached hydrogens (tertiary/aromatic N) is 4.